The molecule has 1 aromatic rings. The zero-order valence-corrected chi connectivity index (χ0v) is 15.3. The van der Waals surface area contributed by atoms with E-state index in [-0.39, 0.29) is 5.92 Å². The third-order valence-corrected chi connectivity index (χ3v) is 5.62. The van der Waals surface area contributed by atoms with Gasteiger partial charge < -0.3 is 9.84 Å². The smallest absolute Gasteiger partial charge is 0.0946 e. The third-order valence-electron chi connectivity index (χ3n) is 5.62. The lowest BCUT2D eigenvalue weighted by Crippen LogP contribution is -2.27. The number of rotatable bonds is 7. The van der Waals surface area contributed by atoms with Crippen LogP contribution in [0.15, 0.2) is 35.6 Å². The van der Waals surface area contributed by atoms with Gasteiger partial charge in [0.1, 0.15) is 0 Å². The van der Waals surface area contributed by atoms with E-state index in [1.54, 1.807) is 0 Å². The van der Waals surface area contributed by atoms with E-state index in [1.807, 2.05) is 0 Å². The number of benzene rings is 1. The van der Waals surface area contributed by atoms with Crippen LogP contribution in [-0.2, 0) is 17.6 Å². The van der Waals surface area contributed by atoms with Gasteiger partial charge in [-0.15, -0.1) is 0 Å². The van der Waals surface area contributed by atoms with Crippen LogP contribution in [-0.4, -0.2) is 17.8 Å². The van der Waals surface area contributed by atoms with E-state index >= 15 is 0 Å². The van der Waals surface area contributed by atoms with E-state index < -0.39 is 0 Å². The van der Waals surface area contributed by atoms with Crippen LogP contribution in [0.1, 0.15) is 63.5 Å². The summed E-state index contributed by atoms with van der Waals surface area (Å²) in [5.74, 6) is 1.61. The van der Waals surface area contributed by atoms with Gasteiger partial charge in [0, 0.05) is 12.5 Å². The highest BCUT2D eigenvalue weighted by Gasteiger charge is 2.22. The van der Waals surface area contributed by atoms with Crippen molar-refractivity contribution in [2.45, 2.75) is 71.3 Å². The summed E-state index contributed by atoms with van der Waals surface area (Å²) >= 11 is 0. The molecule has 1 aromatic carbocycles. The van der Waals surface area contributed by atoms with E-state index in [4.69, 9.17) is 4.74 Å². The van der Waals surface area contributed by atoms with Gasteiger partial charge in [0.2, 0.25) is 0 Å². The van der Waals surface area contributed by atoms with Gasteiger partial charge in [-0.2, -0.15) is 0 Å². The fraction of sp³-hybridized carbons (Fsp3) is 0.636. The monoisotopic (exact) mass is 328 g/mol. The minimum absolute atomic E-state index is 0.248. The first-order valence-corrected chi connectivity index (χ1v) is 9.74. The molecule has 2 aliphatic rings. The van der Waals surface area contributed by atoms with Crippen LogP contribution in [0, 0.1) is 11.8 Å². The van der Waals surface area contributed by atoms with Crippen molar-refractivity contribution in [3.63, 3.8) is 0 Å². The molecule has 0 radical (unpaired) electrons. The Balaban J connectivity index is 1.43. The number of hydrogen-bond donors (Lipinski definition) is 1. The van der Waals surface area contributed by atoms with E-state index in [1.165, 1.54) is 42.4 Å². The maximum Gasteiger partial charge on any atom is 0.0946 e. The summed E-state index contributed by atoms with van der Waals surface area (Å²) in [5, 5.41) is 10.1. The van der Waals surface area contributed by atoms with E-state index in [0.29, 0.717) is 11.9 Å². The molecule has 3 atom stereocenters. The molecule has 0 aromatic heterocycles. The highest BCUT2D eigenvalue weighted by Crippen LogP contribution is 2.34. The Labute approximate surface area is 146 Å². The molecule has 24 heavy (non-hydrogen) atoms. The van der Waals surface area contributed by atoms with Gasteiger partial charge in [-0.05, 0) is 74.0 Å². The largest absolute Gasteiger partial charge is 0.512 e. The fourth-order valence-electron chi connectivity index (χ4n) is 3.82. The van der Waals surface area contributed by atoms with Crippen molar-refractivity contribution in [2.24, 2.45) is 11.8 Å². The lowest BCUT2D eigenvalue weighted by atomic mass is 9.92. The molecule has 1 saturated heterocycles. The van der Waals surface area contributed by atoms with Gasteiger partial charge in [0.25, 0.3) is 0 Å². The molecule has 0 spiro atoms. The van der Waals surface area contributed by atoms with Crippen LogP contribution in [0.2, 0.25) is 0 Å². The summed E-state index contributed by atoms with van der Waals surface area (Å²) < 4.78 is 5.91. The van der Waals surface area contributed by atoms with E-state index in [2.05, 4.69) is 38.1 Å². The summed E-state index contributed by atoms with van der Waals surface area (Å²) in [5.41, 5.74) is 4.00. The zero-order chi connectivity index (χ0) is 16.9. The van der Waals surface area contributed by atoms with Crippen LogP contribution < -0.4 is 0 Å². The summed E-state index contributed by atoms with van der Waals surface area (Å²) in [6.45, 7) is 5.40. The molecule has 1 aliphatic heterocycles. The second kappa shape index (κ2) is 8.20. The Morgan fingerprint density at radius 2 is 1.92 bits per heavy atom. The number of ether oxygens (including phenoxy) is 1. The molecular formula is C22H32O2. The normalized spacial score (nSPS) is 24.7. The zero-order valence-electron chi connectivity index (χ0n) is 15.3. The van der Waals surface area contributed by atoms with Gasteiger partial charge >= 0.3 is 0 Å². The van der Waals surface area contributed by atoms with Crippen molar-refractivity contribution in [2.75, 3.05) is 6.61 Å². The molecule has 132 valence electrons. The average molecular weight is 328 g/mol. The molecule has 2 fully saturated rings. The first kappa shape index (κ1) is 17.5. The highest BCUT2D eigenvalue weighted by molar-refractivity contribution is 5.26. The number of hydrogen-bond acceptors (Lipinski definition) is 2. The topological polar surface area (TPSA) is 29.5 Å². The van der Waals surface area contributed by atoms with Gasteiger partial charge in [-0.25, -0.2) is 0 Å². The maximum atomic E-state index is 10.1. The SMILES string of the molecule is CC(Cc1ccc(CCCC2OCCCC2C)cc1)C(O)=C1CC1. The molecule has 0 amide bonds. The minimum atomic E-state index is 0.248. The van der Waals surface area contributed by atoms with Crippen LogP contribution in [0.25, 0.3) is 0 Å². The highest BCUT2D eigenvalue weighted by atomic mass is 16.5. The molecule has 0 bridgehead atoms. The number of aryl methyl sites for hydroxylation is 1. The molecule has 3 unspecified atom stereocenters. The van der Waals surface area contributed by atoms with Gasteiger partial charge in [0.05, 0.1) is 11.9 Å². The first-order chi connectivity index (χ1) is 11.6. The van der Waals surface area contributed by atoms with Crippen molar-refractivity contribution >= 4 is 0 Å². The quantitative estimate of drug-likeness (QED) is 0.659. The standard InChI is InChI=1S/C22H32O2/c1-16-5-4-14-24-21(16)7-3-6-18-8-10-19(11-9-18)15-17(2)22(23)20-12-13-20/h8-11,16-17,21,23H,3-7,12-15H2,1-2H3. The van der Waals surface area contributed by atoms with E-state index in [9.17, 15) is 5.11 Å². The fourth-order valence-corrected chi connectivity index (χ4v) is 3.82. The lowest BCUT2D eigenvalue weighted by molar-refractivity contribution is -0.0255. The van der Waals surface area contributed by atoms with Crippen LogP contribution in [0.4, 0.5) is 0 Å². The molecule has 1 heterocycles. The van der Waals surface area contributed by atoms with Crippen molar-refractivity contribution in [3.05, 3.63) is 46.7 Å². The van der Waals surface area contributed by atoms with Crippen molar-refractivity contribution in [1.82, 2.24) is 0 Å². The lowest BCUT2D eigenvalue weighted by Gasteiger charge is -2.29. The summed E-state index contributed by atoms with van der Waals surface area (Å²) in [6, 6.07) is 8.98. The molecule has 1 N–H and O–H groups in total. The van der Waals surface area contributed by atoms with Crippen LogP contribution in [0.5, 0.6) is 0 Å². The van der Waals surface area contributed by atoms with E-state index in [0.717, 1.165) is 38.2 Å². The Hall–Kier alpha value is -1.28. The molecule has 1 saturated carbocycles. The summed E-state index contributed by atoms with van der Waals surface area (Å²) in [4.78, 5) is 0. The minimum Gasteiger partial charge on any atom is -0.512 e. The average Bonchev–Trinajstić information content (AvgIpc) is 3.42. The Morgan fingerprint density at radius 1 is 1.21 bits per heavy atom. The number of aliphatic hydroxyl groups is 1. The third kappa shape index (κ3) is 4.86. The second-order valence-electron chi connectivity index (χ2n) is 7.83. The van der Waals surface area contributed by atoms with Gasteiger partial charge in [-0.1, -0.05) is 38.1 Å². The molecule has 2 heteroatoms. The second-order valence-corrected chi connectivity index (χ2v) is 7.83. The van der Waals surface area contributed by atoms with Crippen LogP contribution in [0.3, 0.4) is 0 Å². The predicted octanol–water partition coefficient (Wildman–Crippen LogP) is 5.61. The Morgan fingerprint density at radius 3 is 2.58 bits per heavy atom. The van der Waals surface area contributed by atoms with Gasteiger partial charge in [-0.3, -0.25) is 0 Å². The summed E-state index contributed by atoms with van der Waals surface area (Å²) in [6.07, 6.45) is 9.67. The van der Waals surface area contributed by atoms with Crippen molar-refractivity contribution in [3.8, 4) is 0 Å². The van der Waals surface area contributed by atoms with Crippen molar-refractivity contribution in [1.29, 1.82) is 0 Å². The number of aliphatic hydroxyl groups excluding tert-OH is 1. The molecule has 2 nitrogen and oxygen atoms in total. The Bertz CT molecular complexity index is 552. The molecular weight excluding hydrogens is 296 g/mol. The Kier molecular flexibility index (Phi) is 5.99. The van der Waals surface area contributed by atoms with Crippen molar-refractivity contribution < 1.29 is 9.84 Å². The van der Waals surface area contributed by atoms with Gasteiger partial charge in [0.15, 0.2) is 0 Å². The molecule has 3 rings (SSSR count). The first-order valence-electron chi connectivity index (χ1n) is 9.74. The maximum absolute atomic E-state index is 10.1. The van der Waals surface area contributed by atoms with Crippen LogP contribution >= 0.6 is 0 Å². The predicted molar refractivity (Wildman–Crippen MR) is 99.3 cm³/mol. The number of allylic oxidation sites excluding steroid dienone is 2. The molecule has 1 aliphatic carbocycles. The summed E-state index contributed by atoms with van der Waals surface area (Å²) in [7, 11) is 0.